The number of benzene rings is 1. The second-order valence-corrected chi connectivity index (χ2v) is 5.65. The fourth-order valence-electron chi connectivity index (χ4n) is 2.85. The van der Waals surface area contributed by atoms with Crippen LogP contribution in [0, 0.1) is 10.1 Å². The maximum atomic E-state index is 11.0. The highest BCUT2D eigenvalue weighted by Crippen LogP contribution is 2.28. The first-order valence-corrected chi connectivity index (χ1v) is 7.75. The number of halogens is 1. The van der Waals surface area contributed by atoms with E-state index in [9.17, 15) is 10.1 Å². The van der Waals surface area contributed by atoms with Crippen molar-refractivity contribution in [1.82, 2.24) is 9.97 Å². The van der Waals surface area contributed by atoms with E-state index in [0.717, 1.165) is 12.8 Å². The molecule has 1 aliphatic rings. The van der Waals surface area contributed by atoms with Crippen molar-refractivity contribution in [2.75, 3.05) is 17.2 Å². The highest BCUT2D eigenvalue weighted by molar-refractivity contribution is 5.91. The minimum atomic E-state index is -0.415. The Morgan fingerprint density at radius 3 is 2.75 bits per heavy atom. The fourth-order valence-corrected chi connectivity index (χ4v) is 2.85. The lowest BCUT2D eigenvalue weighted by molar-refractivity contribution is -0.384. The molecule has 1 fully saturated rings. The van der Waals surface area contributed by atoms with Gasteiger partial charge < -0.3 is 10.6 Å². The van der Waals surface area contributed by atoms with E-state index < -0.39 is 4.92 Å². The molecule has 128 valence electrons. The average Bonchev–Trinajstić information content (AvgIpc) is 3.05. The van der Waals surface area contributed by atoms with Crippen LogP contribution in [0.2, 0.25) is 0 Å². The van der Waals surface area contributed by atoms with E-state index in [2.05, 4.69) is 27.2 Å². The Labute approximate surface area is 146 Å². The summed E-state index contributed by atoms with van der Waals surface area (Å²) in [6.07, 6.45) is 6.40. The first kappa shape index (κ1) is 17.9. The summed E-state index contributed by atoms with van der Waals surface area (Å²) in [7, 11) is 0. The van der Waals surface area contributed by atoms with E-state index in [-0.39, 0.29) is 18.1 Å². The summed E-state index contributed by atoms with van der Waals surface area (Å²) in [5.41, 5.74) is 0.705. The number of hydrogen-bond acceptors (Lipinski definition) is 6. The van der Waals surface area contributed by atoms with E-state index in [4.69, 9.17) is 0 Å². The molecule has 0 atom stereocenters. The van der Waals surface area contributed by atoms with Crippen LogP contribution in [0.4, 0.5) is 17.5 Å². The summed E-state index contributed by atoms with van der Waals surface area (Å²) in [6.45, 7) is 4.20. The molecule has 1 saturated carbocycles. The van der Waals surface area contributed by atoms with Gasteiger partial charge in [-0.2, -0.15) is 4.98 Å². The SMILES string of the molecule is C=CCNc1nc(NC2CCCC2)nc2ccc([N+](=O)[O-])cc12.Cl. The Morgan fingerprint density at radius 2 is 2.08 bits per heavy atom. The topological polar surface area (TPSA) is 93.0 Å². The quantitative estimate of drug-likeness (QED) is 0.466. The molecule has 0 saturated heterocycles. The van der Waals surface area contributed by atoms with E-state index in [0.29, 0.717) is 35.3 Å². The number of anilines is 2. The van der Waals surface area contributed by atoms with Gasteiger partial charge in [-0.1, -0.05) is 18.9 Å². The van der Waals surface area contributed by atoms with E-state index in [1.807, 2.05) is 0 Å². The minimum absolute atomic E-state index is 0. The zero-order chi connectivity index (χ0) is 16.2. The number of fused-ring (bicyclic) bond motifs is 1. The number of nitrogens with one attached hydrogen (secondary N) is 2. The Balaban J connectivity index is 0.00000208. The maximum Gasteiger partial charge on any atom is 0.270 e. The van der Waals surface area contributed by atoms with Gasteiger partial charge in [-0.05, 0) is 18.9 Å². The van der Waals surface area contributed by atoms with E-state index in [1.54, 1.807) is 12.1 Å². The van der Waals surface area contributed by atoms with Gasteiger partial charge in [0, 0.05) is 30.1 Å². The number of rotatable bonds is 6. The van der Waals surface area contributed by atoms with Gasteiger partial charge in [0.1, 0.15) is 5.82 Å². The average molecular weight is 350 g/mol. The van der Waals surface area contributed by atoms with Crippen molar-refractivity contribution in [1.29, 1.82) is 0 Å². The molecular weight excluding hydrogens is 330 g/mol. The van der Waals surface area contributed by atoms with Gasteiger partial charge in [0.25, 0.3) is 5.69 Å². The van der Waals surface area contributed by atoms with Crippen molar-refractivity contribution >= 4 is 40.8 Å². The molecule has 0 spiro atoms. The molecule has 7 nitrogen and oxygen atoms in total. The predicted octanol–water partition coefficient (Wildman–Crippen LogP) is 3.91. The molecule has 8 heteroatoms. The van der Waals surface area contributed by atoms with Crippen molar-refractivity contribution < 1.29 is 4.92 Å². The second kappa shape index (κ2) is 7.92. The summed E-state index contributed by atoms with van der Waals surface area (Å²) in [6, 6.07) is 5.03. The van der Waals surface area contributed by atoms with Crippen LogP contribution in [0.1, 0.15) is 25.7 Å². The molecule has 2 aromatic rings. The number of hydrogen-bond donors (Lipinski definition) is 2. The molecule has 1 heterocycles. The second-order valence-electron chi connectivity index (χ2n) is 5.65. The molecule has 0 bridgehead atoms. The molecule has 0 radical (unpaired) electrons. The van der Waals surface area contributed by atoms with Gasteiger partial charge in [-0.25, -0.2) is 4.98 Å². The third-order valence-corrected chi connectivity index (χ3v) is 3.99. The third kappa shape index (κ3) is 3.91. The molecule has 0 amide bonds. The van der Waals surface area contributed by atoms with E-state index in [1.165, 1.54) is 25.0 Å². The standard InChI is InChI=1S/C16H19N5O2.ClH/c1-2-9-17-15-13-10-12(21(22)23)7-8-14(13)19-16(20-15)18-11-5-3-4-6-11;/h2,7-8,10-11H,1,3-6,9H2,(H2,17,18,19,20);1H. The normalized spacial score (nSPS) is 14.2. The lowest BCUT2D eigenvalue weighted by atomic mass is 10.2. The monoisotopic (exact) mass is 349 g/mol. The Kier molecular flexibility index (Phi) is 5.92. The summed E-state index contributed by atoms with van der Waals surface area (Å²) in [5.74, 6) is 1.14. The minimum Gasteiger partial charge on any atom is -0.366 e. The molecule has 1 aromatic heterocycles. The Bertz CT molecular complexity index is 747. The zero-order valence-electron chi connectivity index (χ0n) is 13.2. The summed E-state index contributed by atoms with van der Waals surface area (Å²) in [4.78, 5) is 19.6. The van der Waals surface area contributed by atoms with Crippen molar-refractivity contribution in [3.8, 4) is 0 Å². The molecule has 24 heavy (non-hydrogen) atoms. The van der Waals surface area contributed by atoms with Crippen LogP contribution in [-0.4, -0.2) is 27.5 Å². The summed E-state index contributed by atoms with van der Waals surface area (Å²) in [5, 5.41) is 18.1. The van der Waals surface area contributed by atoms with Gasteiger partial charge >= 0.3 is 0 Å². The number of non-ortho nitro benzene ring substituents is 1. The van der Waals surface area contributed by atoms with Gasteiger partial charge in [0.05, 0.1) is 10.4 Å². The molecule has 0 aliphatic heterocycles. The van der Waals surface area contributed by atoms with Crippen molar-refractivity contribution in [3.05, 3.63) is 41.0 Å². The number of nitro groups is 1. The number of aromatic nitrogens is 2. The van der Waals surface area contributed by atoms with Crippen molar-refractivity contribution in [3.63, 3.8) is 0 Å². The van der Waals surface area contributed by atoms with Crippen LogP contribution in [0.3, 0.4) is 0 Å². The van der Waals surface area contributed by atoms with Crippen molar-refractivity contribution in [2.45, 2.75) is 31.7 Å². The first-order valence-electron chi connectivity index (χ1n) is 7.75. The smallest absolute Gasteiger partial charge is 0.270 e. The lowest BCUT2D eigenvalue weighted by Crippen LogP contribution is -2.17. The number of nitrogens with zero attached hydrogens (tertiary/aromatic N) is 3. The highest BCUT2D eigenvalue weighted by atomic mass is 35.5. The Morgan fingerprint density at radius 1 is 1.33 bits per heavy atom. The zero-order valence-corrected chi connectivity index (χ0v) is 14.0. The van der Waals surface area contributed by atoms with E-state index >= 15 is 0 Å². The van der Waals surface area contributed by atoms with Crippen LogP contribution < -0.4 is 10.6 Å². The maximum absolute atomic E-state index is 11.0. The van der Waals surface area contributed by atoms with Gasteiger partial charge in [0.2, 0.25) is 5.95 Å². The van der Waals surface area contributed by atoms with Crippen LogP contribution >= 0.6 is 12.4 Å². The van der Waals surface area contributed by atoms with Crippen LogP contribution in [0.25, 0.3) is 10.9 Å². The fraction of sp³-hybridized carbons (Fsp3) is 0.375. The molecule has 1 aromatic carbocycles. The highest BCUT2D eigenvalue weighted by Gasteiger charge is 2.17. The molecule has 1 aliphatic carbocycles. The largest absolute Gasteiger partial charge is 0.366 e. The molecule has 3 rings (SSSR count). The molecule has 2 N–H and O–H groups in total. The molecule has 0 unspecified atom stereocenters. The lowest BCUT2D eigenvalue weighted by Gasteiger charge is -2.14. The molecular formula is C16H20ClN5O2. The Hall–Kier alpha value is -2.41. The van der Waals surface area contributed by atoms with Crippen LogP contribution in [0.15, 0.2) is 30.9 Å². The summed E-state index contributed by atoms with van der Waals surface area (Å²) < 4.78 is 0. The first-order chi connectivity index (χ1) is 11.2. The van der Waals surface area contributed by atoms with Crippen LogP contribution in [0.5, 0.6) is 0 Å². The van der Waals surface area contributed by atoms with Gasteiger partial charge in [0.15, 0.2) is 0 Å². The number of nitro benzene ring substituents is 1. The van der Waals surface area contributed by atoms with Gasteiger partial charge in [-0.15, -0.1) is 19.0 Å². The van der Waals surface area contributed by atoms with Crippen LogP contribution in [-0.2, 0) is 0 Å². The third-order valence-electron chi connectivity index (χ3n) is 3.99. The van der Waals surface area contributed by atoms with Gasteiger partial charge in [-0.3, -0.25) is 10.1 Å². The van der Waals surface area contributed by atoms with Crippen molar-refractivity contribution in [2.24, 2.45) is 0 Å². The summed E-state index contributed by atoms with van der Waals surface area (Å²) >= 11 is 0. The predicted molar refractivity (Wildman–Crippen MR) is 98.0 cm³/mol.